The first-order valence-corrected chi connectivity index (χ1v) is 26.6. The summed E-state index contributed by atoms with van der Waals surface area (Å²) < 4.78 is 102. The molecule has 2 saturated heterocycles. The van der Waals surface area contributed by atoms with Gasteiger partial charge in [-0.25, -0.2) is 18.7 Å². The monoisotopic (exact) mass is 1040 g/mol. The van der Waals surface area contributed by atoms with E-state index in [0.717, 1.165) is 34.8 Å². The molecule has 0 amide bonds. The number of ether oxygens (including phenoxy) is 2. The van der Waals surface area contributed by atoms with Crippen LogP contribution in [-0.2, 0) is 63.9 Å². The smallest absolute Gasteiger partial charge is 0.756 e. The van der Waals surface area contributed by atoms with Gasteiger partial charge in [0.25, 0.3) is 15.6 Å². The van der Waals surface area contributed by atoms with E-state index in [4.69, 9.17) is 57.1 Å². The summed E-state index contributed by atoms with van der Waals surface area (Å²) in [5.41, 5.74) is 9.56. The van der Waals surface area contributed by atoms with Crippen LogP contribution in [0.4, 0.5) is 11.6 Å². The Morgan fingerprint density at radius 2 is 1.00 bits per heavy atom. The Kier molecular flexibility index (Phi) is 30.2. The summed E-state index contributed by atoms with van der Waals surface area (Å²) in [5.74, 6) is 0.0217. The summed E-state index contributed by atoms with van der Waals surface area (Å²) in [5, 5.41) is 0. The van der Waals surface area contributed by atoms with Gasteiger partial charge in [0.2, 0.25) is 0 Å². The van der Waals surface area contributed by atoms with Crippen molar-refractivity contribution in [1.29, 1.82) is 0 Å². The van der Waals surface area contributed by atoms with E-state index in [1.807, 2.05) is 27.7 Å². The predicted octanol–water partition coefficient (Wildman–Crippen LogP) is -2.56. The zero-order valence-electron chi connectivity index (χ0n) is 38.1. The van der Waals surface area contributed by atoms with Crippen molar-refractivity contribution in [3.63, 3.8) is 0 Å². The summed E-state index contributed by atoms with van der Waals surface area (Å²) in [7, 11) is -18.2. The van der Waals surface area contributed by atoms with Gasteiger partial charge in [0.1, 0.15) is 42.4 Å². The van der Waals surface area contributed by atoms with Crippen LogP contribution in [0.5, 0.6) is 0 Å². The Labute approximate surface area is 427 Å². The summed E-state index contributed by atoms with van der Waals surface area (Å²) >= 11 is 0. The van der Waals surface area contributed by atoms with Crippen molar-refractivity contribution < 1.29 is 143 Å². The number of rotatable bonds is 28. The van der Waals surface area contributed by atoms with Gasteiger partial charge in [-0.05, 0) is 37.8 Å². The number of phosphoric acid groups is 4. The Hall–Kier alpha value is -0.280. The molecule has 10 atom stereocenters. The van der Waals surface area contributed by atoms with Crippen LogP contribution in [0.1, 0.15) is 104 Å². The zero-order valence-corrected chi connectivity index (χ0v) is 45.6. The first-order valence-electron chi connectivity index (χ1n) is 20.7. The van der Waals surface area contributed by atoms with E-state index in [1.54, 1.807) is 0 Å². The third kappa shape index (κ3) is 23.3. The molecule has 2 aromatic heterocycles. The van der Waals surface area contributed by atoms with Crippen LogP contribution >= 0.6 is 31.3 Å². The van der Waals surface area contributed by atoms with Gasteiger partial charge in [-0.1, -0.05) is 53.4 Å². The Morgan fingerprint density at radius 3 is 1.42 bits per heavy atom. The minimum Gasteiger partial charge on any atom is -0.756 e. The van der Waals surface area contributed by atoms with Crippen molar-refractivity contribution in [2.45, 2.75) is 129 Å². The van der Waals surface area contributed by atoms with E-state index in [0.29, 0.717) is 25.7 Å². The predicted molar refractivity (Wildman–Crippen MR) is 223 cm³/mol. The number of nitrogen functional groups attached to an aromatic ring is 2. The molecule has 2 fully saturated rings. The SMILES string of the molecule is CCCCOP(=O)(O)OC[C@H]1O[C@@H](n2ccc(N)nc2=O)C[C@@H]1OP(=O)(O)OCCCC.CCCCOP(=O)([O-])OC[C@H]1O[C@@H](n2ccc(N)nc2=O)C[C@@H]1OP(=O)([O-])OCCCC.[Na+].[Na+]. The van der Waals surface area contributed by atoms with Crippen LogP contribution in [0.15, 0.2) is 34.1 Å². The number of unbranched alkanes of at least 4 members (excludes halogenated alkanes) is 4. The molecular weight excluding hydrogens is 982 g/mol. The average molecular weight is 1040 g/mol. The minimum absolute atomic E-state index is 0. The van der Waals surface area contributed by atoms with Crippen molar-refractivity contribution >= 4 is 42.9 Å². The normalized spacial score (nSPS) is 24.1. The van der Waals surface area contributed by atoms with Crippen LogP contribution < -0.4 is 91.7 Å². The molecule has 368 valence electrons. The number of phosphoric ester groups is 4. The standard InChI is InChI=1S/2C17H31N3O10P2.2Na/c2*1-3-5-9-26-31(22,23)28-12-14-13(30-32(24,25)27-10-6-4-2)11-16(29-14)20-8-7-15(18)19-17(20)21;;/h2*7-8,13-14,16H,3-6,9-12H2,1-2H3,(H,22,23)(H,24,25)(H2,18,19,21);;/q;;2*+1/p-2/t2*13-,14+,16+;;/m00../s1. The summed E-state index contributed by atoms with van der Waals surface area (Å²) in [6.07, 6.45) is 1.22. The molecule has 66 heavy (non-hydrogen) atoms. The fourth-order valence-corrected chi connectivity index (χ4v) is 9.13. The third-order valence-electron chi connectivity index (χ3n) is 9.02. The second-order valence-corrected chi connectivity index (χ2v) is 19.9. The van der Waals surface area contributed by atoms with Crippen LogP contribution in [0.2, 0.25) is 0 Å². The molecule has 2 aromatic rings. The maximum Gasteiger partial charge on any atom is 1.00 e. The summed E-state index contributed by atoms with van der Waals surface area (Å²) in [6, 6.07) is 2.75. The van der Waals surface area contributed by atoms with Gasteiger partial charge >= 0.3 is 86.1 Å². The summed E-state index contributed by atoms with van der Waals surface area (Å²) in [6.45, 7) is 6.39. The molecule has 0 spiro atoms. The van der Waals surface area contributed by atoms with Crippen molar-refractivity contribution in [2.75, 3.05) is 51.1 Å². The van der Waals surface area contributed by atoms with Gasteiger partial charge in [0.05, 0.1) is 45.7 Å². The van der Waals surface area contributed by atoms with Crippen LogP contribution in [0.3, 0.4) is 0 Å². The van der Waals surface area contributed by atoms with Crippen molar-refractivity contribution in [3.8, 4) is 0 Å². The Morgan fingerprint density at radius 1 is 0.621 bits per heavy atom. The molecule has 2 aliphatic rings. The van der Waals surface area contributed by atoms with Gasteiger partial charge in [-0.3, -0.25) is 36.4 Å². The fourth-order valence-electron chi connectivity index (χ4n) is 5.65. The third-order valence-corrected chi connectivity index (χ3v) is 13.0. The average Bonchev–Trinajstić information content (AvgIpc) is 3.79. The van der Waals surface area contributed by atoms with Gasteiger partial charge in [-0.2, -0.15) is 9.97 Å². The molecule has 32 heteroatoms. The molecule has 0 aliphatic carbocycles. The summed E-state index contributed by atoms with van der Waals surface area (Å²) in [4.78, 5) is 75.5. The van der Waals surface area contributed by atoms with E-state index >= 15 is 0 Å². The Balaban J connectivity index is 0.000000641. The van der Waals surface area contributed by atoms with E-state index in [9.17, 15) is 47.4 Å². The topological polar surface area (TPSA) is 369 Å². The van der Waals surface area contributed by atoms with Crippen LogP contribution in [0.25, 0.3) is 0 Å². The molecule has 4 heterocycles. The zero-order chi connectivity index (χ0) is 47.6. The maximum atomic E-state index is 12.3. The number of nitrogens with zero attached hydrogens (tertiary/aromatic N) is 4. The molecule has 0 radical (unpaired) electrons. The minimum atomic E-state index is -4.72. The van der Waals surface area contributed by atoms with Crippen molar-refractivity contribution in [2.24, 2.45) is 0 Å². The molecule has 4 unspecified atom stereocenters. The van der Waals surface area contributed by atoms with Crippen molar-refractivity contribution in [3.05, 3.63) is 45.5 Å². The van der Waals surface area contributed by atoms with E-state index < -0.39 is 92.8 Å². The maximum absolute atomic E-state index is 12.3. The number of anilines is 2. The molecule has 0 bridgehead atoms. The number of aromatic nitrogens is 4. The first-order chi connectivity index (χ1) is 30.1. The Bertz CT molecular complexity index is 1920. The molecule has 2 aliphatic heterocycles. The van der Waals surface area contributed by atoms with Gasteiger partial charge < -0.3 is 58.6 Å². The second kappa shape index (κ2) is 31.2. The number of hydrogen-bond donors (Lipinski definition) is 4. The molecule has 0 saturated carbocycles. The fraction of sp³-hybridized carbons (Fsp3) is 0.765. The molecular formula is C34H60N6Na2O20P4. The van der Waals surface area contributed by atoms with Crippen LogP contribution in [-0.4, -0.2) is 92.9 Å². The van der Waals surface area contributed by atoms with Gasteiger partial charge in [-0.15, -0.1) is 0 Å². The van der Waals surface area contributed by atoms with E-state index in [1.165, 1.54) is 24.5 Å². The molecule has 6 N–H and O–H groups in total. The van der Waals surface area contributed by atoms with Gasteiger partial charge in [0, 0.05) is 25.2 Å². The van der Waals surface area contributed by atoms with E-state index in [2.05, 4.69) is 9.97 Å². The molecule has 26 nitrogen and oxygen atoms in total. The molecule has 0 aromatic carbocycles. The number of hydrogen-bond acceptors (Lipinski definition) is 22. The number of nitrogens with two attached hydrogens (primary N) is 2. The van der Waals surface area contributed by atoms with Gasteiger partial charge in [0.15, 0.2) is 0 Å². The van der Waals surface area contributed by atoms with Crippen LogP contribution in [0, 0.1) is 0 Å². The van der Waals surface area contributed by atoms with E-state index in [-0.39, 0.29) is 110 Å². The first kappa shape index (κ1) is 63.7. The quantitative estimate of drug-likeness (QED) is 0.0387. The largest absolute Gasteiger partial charge is 1.00 e. The second-order valence-electron chi connectivity index (χ2n) is 14.3. The molecule has 4 rings (SSSR count). The van der Waals surface area contributed by atoms with Crippen molar-refractivity contribution in [1.82, 2.24) is 19.1 Å².